The van der Waals surface area contributed by atoms with Crippen molar-refractivity contribution in [2.45, 2.75) is 32.6 Å². The van der Waals surface area contributed by atoms with Crippen molar-refractivity contribution >= 4 is 17.8 Å². The van der Waals surface area contributed by atoms with Crippen LogP contribution in [0.4, 0.5) is 0 Å². The average molecular weight is 271 g/mol. The molecule has 20 heavy (non-hydrogen) atoms. The molecule has 0 amide bonds. The van der Waals surface area contributed by atoms with Crippen molar-refractivity contribution in [1.82, 2.24) is 0 Å². The van der Waals surface area contributed by atoms with Crippen molar-refractivity contribution in [3.05, 3.63) is 47.5 Å². The molecule has 0 bridgehead atoms. The van der Waals surface area contributed by atoms with Gasteiger partial charge in [0.2, 0.25) is 0 Å². The number of unbranched alkanes of at least 4 members (excludes halogenated alkanes) is 1. The van der Waals surface area contributed by atoms with Crippen LogP contribution in [0.5, 0.6) is 0 Å². The van der Waals surface area contributed by atoms with Crippen LogP contribution in [0.3, 0.4) is 0 Å². The standard InChI is InChI=1S/C17H21NO2/c1-14-8-5-6-10-16(14)17(20)12-11-15(19)9-4-3-7-13-18-2/h4-6,8-10,13H,3,7,11-12H2,1-2H3/b9-4+,18-13?. The Balaban J connectivity index is 2.38. The maximum atomic E-state index is 12.0. The van der Waals surface area contributed by atoms with Crippen molar-refractivity contribution in [3.63, 3.8) is 0 Å². The minimum absolute atomic E-state index is 0.000344. The van der Waals surface area contributed by atoms with E-state index in [9.17, 15) is 9.59 Å². The van der Waals surface area contributed by atoms with Crippen LogP contribution in [0, 0.1) is 6.92 Å². The van der Waals surface area contributed by atoms with Gasteiger partial charge >= 0.3 is 0 Å². The number of allylic oxidation sites excluding steroid dienone is 2. The molecule has 0 radical (unpaired) electrons. The Morgan fingerprint density at radius 2 is 1.90 bits per heavy atom. The van der Waals surface area contributed by atoms with Gasteiger partial charge in [0.15, 0.2) is 11.6 Å². The lowest BCUT2D eigenvalue weighted by molar-refractivity contribution is -0.114. The molecule has 1 rings (SSSR count). The van der Waals surface area contributed by atoms with Gasteiger partial charge < -0.3 is 4.99 Å². The van der Waals surface area contributed by atoms with Crippen LogP contribution in [0.2, 0.25) is 0 Å². The third-order valence-corrected chi connectivity index (χ3v) is 2.99. The number of Topliss-reactive ketones (excluding diaryl/α,β-unsaturated/α-hetero) is 1. The fourth-order valence-electron chi connectivity index (χ4n) is 1.86. The molecule has 0 aliphatic heterocycles. The molecule has 1 aromatic rings. The van der Waals surface area contributed by atoms with Crippen molar-refractivity contribution in [2.24, 2.45) is 4.99 Å². The summed E-state index contributed by atoms with van der Waals surface area (Å²) in [6, 6.07) is 7.46. The monoisotopic (exact) mass is 271 g/mol. The zero-order valence-electron chi connectivity index (χ0n) is 12.1. The fourth-order valence-corrected chi connectivity index (χ4v) is 1.86. The number of carbonyl (C=O) groups excluding carboxylic acids is 2. The molecule has 0 aromatic heterocycles. The largest absolute Gasteiger partial charge is 0.301 e. The molecule has 0 N–H and O–H groups in total. The number of carbonyl (C=O) groups is 2. The van der Waals surface area contributed by atoms with E-state index in [2.05, 4.69) is 4.99 Å². The number of hydrogen-bond donors (Lipinski definition) is 0. The summed E-state index contributed by atoms with van der Waals surface area (Å²) in [5.41, 5.74) is 1.67. The minimum Gasteiger partial charge on any atom is -0.301 e. The summed E-state index contributed by atoms with van der Waals surface area (Å²) in [6.45, 7) is 1.91. The summed E-state index contributed by atoms with van der Waals surface area (Å²) in [7, 11) is 1.73. The minimum atomic E-state index is 0.000344. The van der Waals surface area contributed by atoms with E-state index >= 15 is 0 Å². The fraction of sp³-hybridized carbons (Fsp3) is 0.353. The predicted octanol–water partition coefficient (Wildman–Crippen LogP) is 3.56. The number of benzene rings is 1. The van der Waals surface area contributed by atoms with Gasteiger partial charge in [0, 0.05) is 25.5 Å². The Morgan fingerprint density at radius 3 is 2.60 bits per heavy atom. The highest BCUT2D eigenvalue weighted by atomic mass is 16.1. The van der Waals surface area contributed by atoms with E-state index in [-0.39, 0.29) is 24.4 Å². The molecule has 0 unspecified atom stereocenters. The van der Waals surface area contributed by atoms with E-state index in [4.69, 9.17) is 0 Å². The Kier molecular flexibility index (Phi) is 7.18. The lowest BCUT2D eigenvalue weighted by atomic mass is 10.0. The van der Waals surface area contributed by atoms with Gasteiger partial charge in [-0.1, -0.05) is 30.3 Å². The molecule has 106 valence electrons. The van der Waals surface area contributed by atoms with Crippen LogP contribution >= 0.6 is 0 Å². The lowest BCUT2D eigenvalue weighted by Gasteiger charge is -2.03. The van der Waals surface area contributed by atoms with E-state index in [1.54, 1.807) is 13.1 Å². The second-order valence-electron chi connectivity index (χ2n) is 4.62. The highest BCUT2D eigenvalue weighted by molar-refractivity contribution is 6.00. The molecule has 3 nitrogen and oxygen atoms in total. The smallest absolute Gasteiger partial charge is 0.163 e. The molecular weight excluding hydrogens is 250 g/mol. The summed E-state index contributed by atoms with van der Waals surface area (Å²) in [5.74, 6) is 0.0309. The van der Waals surface area contributed by atoms with Crippen molar-refractivity contribution in [1.29, 1.82) is 0 Å². The second-order valence-corrected chi connectivity index (χ2v) is 4.62. The number of aliphatic imine (C=N–C) groups is 1. The van der Waals surface area contributed by atoms with Gasteiger partial charge in [-0.15, -0.1) is 0 Å². The molecule has 0 aliphatic carbocycles. The summed E-state index contributed by atoms with van der Waals surface area (Å²) >= 11 is 0. The van der Waals surface area contributed by atoms with Crippen molar-refractivity contribution in [3.8, 4) is 0 Å². The first kappa shape index (κ1) is 16.0. The van der Waals surface area contributed by atoms with E-state index in [1.807, 2.05) is 43.5 Å². The van der Waals surface area contributed by atoms with Crippen LogP contribution in [-0.4, -0.2) is 24.8 Å². The molecule has 0 atom stereocenters. The maximum Gasteiger partial charge on any atom is 0.163 e. The van der Waals surface area contributed by atoms with Gasteiger partial charge in [-0.05, 0) is 37.6 Å². The molecule has 3 heteroatoms. The Morgan fingerprint density at radius 1 is 1.15 bits per heavy atom. The molecule has 0 aliphatic rings. The van der Waals surface area contributed by atoms with Crippen LogP contribution < -0.4 is 0 Å². The van der Waals surface area contributed by atoms with Gasteiger partial charge in [0.05, 0.1) is 0 Å². The van der Waals surface area contributed by atoms with E-state index in [0.717, 1.165) is 18.4 Å². The third-order valence-electron chi connectivity index (χ3n) is 2.99. The van der Waals surface area contributed by atoms with Crippen molar-refractivity contribution in [2.75, 3.05) is 7.05 Å². The number of hydrogen-bond acceptors (Lipinski definition) is 3. The zero-order chi connectivity index (χ0) is 14.8. The van der Waals surface area contributed by atoms with Crippen molar-refractivity contribution < 1.29 is 9.59 Å². The molecular formula is C17H21NO2. The molecule has 0 fully saturated rings. The SMILES string of the molecule is CN=CCC/C=C/C(=O)CCC(=O)c1ccccc1C. The van der Waals surface area contributed by atoms with Gasteiger partial charge in [-0.25, -0.2) is 0 Å². The normalized spacial score (nSPS) is 11.3. The third kappa shape index (κ3) is 5.74. The summed E-state index contributed by atoms with van der Waals surface area (Å²) in [5, 5.41) is 0. The van der Waals surface area contributed by atoms with Gasteiger partial charge in [0.25, 0.3) is 0 Å². The summed E-state index contributed by atoms with van der Waals surface area (Å²) in [4.78, 5) is 27.5. The Labute approximate surface area is 120 Å². The highest BCUT2D eigenvalue weighted by Crippen LogP contribution is 2.11. The second kappa shape index (κ2) is 8.97. The van der Waals surface area contributed by atoms with Crippen LogP contribution in [0.1, 0.15) is 41.6 Å². The topological polar surface area (TPSA) is 46.5 Å². The van der Waals surface area contributed by atoms with Crippen LogP contribution in [0.25, 0.3) is 0 Å². The quantitative estimate of drug-likeness (QED) is 0.314. The molecule has 0 heterocycles. The van der Waals surface area contributed by atoms with Gasteiger partial charge in [-0.3, -0.25) is 9.59 Å². The number of aryl methyl sites for hydroxylation is 1. The summed E-state index contributed by atoms with van der Waals surface area (Å²) in [6.07, 6.45) is 7.39. The number of nitrogens with zero attached hydrogens (tertiary/aromatic N) is 1. The summed E-state index contributed by atoms with van der Waals surface area (Å²) < 4.78 is 0. The average Bonchev–Trinajstić information content (AvgIpc) is 2.45. The lowest BCUT2D eigenvalue weighted by Crippen LogP contribution is -2.04. The maximum absolute atomic E-state index is 12.0. The van der Waals surface area contributed by atoms with E-state index in [1.165, 1.54) is 0 Å². The predicted molar refractivity (Wildman–Crippen MR) is 82.5 cm³/mol. The number of ketones is 2. The van der Waals surface area contributed by atoms with E-state index in [0.29, 0.717) is 5.56 Å². The first-order valence-corrected chi connectivity index (χ1v) is 6.84. The number of rotatable bonds is 8. The van der Waals surface area contributed by atoms with Gasteiger partial charge in [-0.2, -0.15) is 0 Å². The zero-order valence-corrected chi connectivity index (χ0v) is 12.1. The molecule has 0 saturated carbocycles. The van der Waals surface area contributed by atoms with Gasteiger partial charge in [0.1, 0.15) is 0 Å². The molecule has 0 spiro atoms. The first-order valence-electron chi connectivity index (χ1n) is 6.84. The highest BCUT2D eigenvalue weighted by Gasteiger charge is 2.09. The van der Waals surface area contributed by atoms with Crippen LogP contribution in [0.15, 0.2) is 41.4 Å². The molecule has 1 aromatic carbocycles. The molecule has 0 saturated heterocycles. The van der Waals surface area contributed by atoms with Crippen LogP contribution in [-0.2, 0) is 4.79 Å². The first-order chi connectivity index (χ1) is 9.65. The Bertz CT molecular complexity index is 515. The Hall–Kier alpha value is -2.03. The van der Waals surface area contributed by atoms with E-state index < -0.39 is 0 Å².